The molecule has 0 bridgehead atoms. The van der Waals surface area contributed by atoms with Crippen LogP contribution < -0.4 is 37.2 Å². The van der Waals surface area contributed by atoms with Gasteiger partial charge in [0.1, 0.15) is 48.8 Å². The average molecular weight is 1370 g/mol. The Labute approximate surface area is 550 Å². The van der Waals surface area contributed by atoms with Crippen molar-refractivity contribution in [3.8, 4) is 0 Å². The molecule has 0 radical (unpaired) electrons. The molecule has 15 atom stereocenters. The predicted molar refractivity (Wildman–Crippen MR) is 333 cm³/mol. The van der Waals surface area contributed by atoms with Crippen LogP contribution in [0, 0.1) is 5.92 Å². The normalized spacial score (nSPS) is 20.2. The summed E-state index contributed by atoms with van der Waals surface area (Å²) in [6, 6.07) is -0.133. The first kappa shape index (κ1) is 88.0. The molecule has 0 aromatic rings. The monoisotopic (exact) mass is 1370 g/mol. The van der Waals surface area contributed by atoms with Gasteiger partial charge < -0.3 is 141 Å². The molecule has 552 valence electrons. The molecule has 1 aliphatic rings. The van der Waals surface area contributed by atoms with E-state index in [1.807, 2.05) is 13.8 Å². The van der Waals surface area contributed by atoms with Crippen LogP contribution in [0.25, 0.3) is 0 Å². The Kier molecular flexibility index (Phi) is 49.6. The molecule has 1 fully saturated rings. The van der Waals surface area contributed by atoms with E-state index in [-0.39, 0.29) is 166 Å². The Balaban J connectivity index is 2.62. The Hall–Kier alpha value is -4.06. The smallest absolute Gasteiger partial charge is 0.222 e. The van der Waals surface area contributed by atoms with Crippen molar-refractivity contribution in [2.45, 2.75) is 215 Å². The molecule has 34 nitrogen and oxygen atoms in total. The summed E-state index contributed by atoms with van der Waals surface area (Å²) in [5.41, 5.74) is -1.01. The molecule has 20 N–H and O–H groups in total. The van der Waals surface area contributed by atoms with Crippen LogP contribution in [-0.4, -0.2) is 318 Å². The molecule has 1 heterocycles. The standard InChI is InChI=1S/C60H115N7O27/c1-39(2)67-60(36-87-29-17-48(77)64-23-11-20-61-45(74)14-5-8-26-90-57(86)55(84)53(82)51(80)40(3)32-68,37-88-30-18-49(78)65-24-12-21-62-46(75)15-6-9-27-91-58(42(73)33-69)93-43(34-70)41(4)72)38-89-31-19-50(79)66-25-13-22-63-47(76)16-7-10-28-92-59-56(85)54(83)52(81)44(35-71)94-59/h39-44,51-59,67-73,80-86H,5-38H2,1-4H3,(H,61,74)(H,62,75)(H,63,76)(H,64,77)(H,65,78)(H,66,79)/t40?,41-,42+,43?,44?,51?,52?,53?,54?,55?,56?,57?,58?,59?,60?/m0/s1. The summed E-state index contributed by atoms with van der Waals surface area (Å²) in [4.78, 5) is 75.4. The highest BCUT2D eigenvalue weighted by atomic mass is 16.7. The fourth-order valence-electron chi connectivity index (χ4n) is 9.02. The molecule has 1 saturated heterocycles. The predicted octanol–water partition coefficient (Wildman–Crippen LogP) is -6.36. The van der Waals surface area contributed by atoms with Crippen molar-refractivity contribution in [3.63, 3.8) is 0 Å². The highest BCUT2D eigenvalue weighted by Crippen LogP contribution is 2.23. The van der Waals surface area contributed by atoms with Crippen LogP contribution in [0.5, 0.6) is 0 Å². The molecule has 94 heavy (non-hydrogen) atoms. The fourth-order valence-corrected chi connectivity index (χ4v) is 9.02. The number of carbonyl (C=O) groups is 6. The van der Waals surface area contributed by atoms with Gasteiger partial charge in [-0.1, -0.05) is 20.8 Å². The Morgan fingerprint density at radius 3 is 1.26 bits per heavy atom. The number of carbonyl (C=O) groups excluding carboxylic acids is 6. The van der Waals surface area contributed by atoms with Gasteiger partial charge in [0, 0.05) is 116 Å². The molecule has 1 rings (SSSR count). The van der Waals surface area contributed by atoms with Gasteiger partial charge in [-0.15, -0.1) is 0 Å². The Bertz CT molecular complexity index is 2010. The maximum absolute atomic E-state index is 12.8. The number of rotatable bonds is 59. The first-order chi connectivity index (χ1) is 44.8. The number of hydrogen-bond donors (Lipinski definition) is 20. The van der Waals surface area contributed by atoms with E-state index in [0.717, 1.165) is 0 Å². The maximum atomic E-state index is 12.8. The van der Waals surface area contributed by atoms with Gasteiger partial charge in [0.25, 0.3) is 0 Å². The summed E-state index contributed by atoms with van der Waals surface area (Å²) in [5.74, 6) is -2.33. The fraction of sp³-hybridized carbons (Fsp3) is 0.900. The summed E-state index contributed by atoms with van der Waals surface area (Å²) in [5, 5.41) is 147. The van der Waals surface area contributed by atoms with Crippen LogP contribution >= 0.6 is 0 Å². The van der Waals surface area contributed by atoms with Gasteiger partial charge in [0.2, 0.25) is 35.4 Å². The molecule has 6 amide bonds. The Morgan fingerprint density at radius 1 is 0.457 bits per heavy atom. The number of unbranched alkanes of at least 4 members (excludes halogenated alkanes) is 3. The molecule has 0 saturated carbocycles. The van der Waals surface area contributed by atoms with Crippen molar-refractivity contribution in [3.05, 3.63) is 0 Å². The largest absolute Gasteiger partial charge is 0.396 e. The number of aliphatic hydroxyl groups excluding tert-OH is 13. The van der Waals surface area contributed by atoms with E-state index in [4.69, 9.17) is 43.0 Å². The van der Waals surface area contributed by atoms with Crippen molar-refractivity contribution in [2.75, 3.05) is 125 Å². The van der Waals surface area contributed by atoms with Crippen molar-refractivity contribution in [2.24, 2.45) is 5.92 Å². The van der Waals surface area contributed by atoms with Gasteiger partial charge >= 0.3 is 0 Å². The van der Waals surface area contributed by atoms with Crippen molar-refractivity contribution < 1.29 is 133 Å². The number of hydrogen-bond acceptors (Lipinski definition) is 28. The molecular formula is C60H115N7O27. The van der Waals surface area contributed by atoms with Gasteiger partial charge in [-0.2, -0.15) is 0 Å². The van der Waals surface area contributed by atoms with E-state index >= 15 is 0 Å². The molecule has 0 aliphatic carbocycles. The zero-order valence-electron chi connectivity index (χ0n) is 55.2. The molecule has 1 aliphatic heterocycles. The number of ether oxygens (including phenoxy) is 8. The second-order valence-electron chi connectivity index (χ2n) is 23.6. The lowest BCUT2D eigenvalue weighted by atomic mass is 9.97. The van der Waals surface area contributed by atoms with Gasteiger partial charge in [-0.25, -0.2) is 0 Å². The zero-order chi connectivity index (χ0) is 70.3. The quantitative estimate of drug-likeness (QED) is 0.0199. The van der Waals surface area contributed by atoms with Crippen LogP contribution in [0.3, 0.4) is 0 Å². The van der Waals surface area contributed by atoms with Crippen LogP contribution in [-0.2, 0) is 66.7 Å². The minimum atomic E-state index is -1.82. The molecule has 34 heteroatoms. The summed E-state index contributed by atoms with van der Waals surface area (Å²) in [6.45, 7) is 6.25. The van der Waals surface area contributed by atoms with E-state index in [1.165, 1.54) is 13.8 Å². The number of nitrogens with one attached hydrogen (secondary N) is 7. The first-order valence-corrected chi connectivity index (χ1v) is 32.7. The number of amides is 6. The summed E-state index contributed by atoms with van der Waals surface area (Å²) in [6.07, 6.45) is -14.3. The molecule has 0 aromatic heterocycles. The van der Waals surface area contributed by atoms with Gasteiger partial charge in [-0.05, 0) is 64.7 Å². The lowest BCUT2D eigenvalue weighted by Gasteiger charge is -2.39. The number of aliphatic hydroxyl groups is 13. The molecule has 0 spiro atoms. The average Bonchev–Trinajstić information content (AvgIpc) is 0.956. The van der Waals surface area contributed by atoms with Crippen molar-refractivity contribution in [1.29, 1.82) is 0 Å². The highest BCUT2D eigenvalue weighted by Gasteiger charge is 2.44. The minimum Gasteiger partial charge on any atom is -0.396 e. The van der Waals surface area contributed by atoms with E-state index < -0.39 is 118 Å². The van der Waals surface area contributed by atoms with Crippen LogP contribution in [0.1, 0.15) is 124 Å². The van der Waals surface area contributed by atoms with Crippen LogP contribution in [0.15, 0.2) is 0 Å². The topological polar surface area (TPSA) is 523 Å². The van der Waals surface area contributed by atoms with E-state index in [9.17, 15) is 90.0 Å². The van der Waals surface area contributed by atoms with Gasteiger partial charge in [-0.3, -0.25) is 28.8 Å². The van der Waals surface area contributed by atoms with Crippen molar-refractivity contribution in [1.82, 2.24) is 37.2 Å². The minimum absolute atomic E-state index is 0.00119. The van der Waals surface area contributed by atoms with Crippen LogP contribution in [0.2, 0.25) is 0 Å². The molecule has 13 unspecified atom stereocenters. The lowest BCUT2D eigenvalue weighted by Crippen LogP contribution is -2.59. The highest BCUT2D eigenvalue weighted by molar-refractivity contribution is 5.78. The second-order valence-corrected chi connectivity index (χ2v) is 23.6. The first-order valence-electron chi connectivity index (χ1n) is 32.7. The summed E-state index contributed by atoms with van der Waals surface area (Å²) >= 11 is 0. The van der Waals surface area contributed by atoms with Crippen molar-refractivity contribution >= 4 is 35.4 Å². The lowest BCUT2D eigenvalue weighted by molar-refractivity contribution is -0.301. The van der Waals surface area contributed by atoms with E-state index in [0.29, 0.717) is 70.9 Å². The van der Waals surface area contributed by atoms with Crippen LogP contribution in [0.4, 0.5) is 0 Å². The second kappa shape index (κ2) is 53.0. The van der Waals surface area contributed by atoms with E-state index in [1.54, 1.807) is 0 Å². The maximum Gasteiger partial charge on any atom is 0.222 e. The summed E-state index contributed by atoms with van der Waals surface area (Å²) in [7, 11) is 0. The molecule has 0 aromatic carbocycles. The Morgan fingerprint density at radius 2 is 0.872 bits per heavy atom. The third-order valence-electron chi connectivity index (χ3n) is 14.6. The third-order valence-corrected chi connectivity index (χ3v) is 14.6. The zero-order valence-corrected chi connectivity index (χ0v) is 55.2. The SMILES string of the molecule is CC(C)NC(COCCC(=O)NCCCNC(=O)CCCCOC(O)C(O)C(O)C(O)C(C)CO)(COCCC(=O)NCCCNC(=O)CCCCOC1OC(CO)C(O)C(O)C1O)COCCC(=O)NCCCNC(=O)CCCCOC(OC(CO)[C@H](C)O)[C@H](O)CO. The third kappa shape index (κ3) is 40.0. The van der Waals surface area contributed by atoms with Gasteiger partial charge in [0.05, 0.1) is 77.2 Å². The van der Waals surface area contributed by atoms with Gasteiger partial charge in [0.15, 0.2) is 18.9 Å². The van der Waals surface area contributed by atoms with E-state index in [2.05, 4.69) is 37.2 Å². The summed E-state index contributed by atoms with van der Waals surface area (Å²) < 4.78 is 44.8. The molecular weight excluding hydrogens is 1250 g/mol.